The minimum Gasteiger partial charge on any atom is -0.394 e. The van der Waals surface area contributed by atoms with Crippen LogP contribution in [0.4, 0.5) is 0 Å². The van der Waals surface area contributed by atoms with Crippen LogP contribution in [0.3, 0.4) is 0 Å². The molecule has 0 aliphatic heterocycles. The molecule has 0 aliphatic carbocycles. The van der Waals surface area contributed by atoms with Crippen molar-refractivity contribution in [1.29, 1.82) is 0 Å². The van der Waals surface area contributed by atoms with Gasteiger partial charge in [-0.3, -0.25) is 0 Å². The van der Waals surface area contributed by atoms with Crippen LogP contribution >= 0.6 is 0 Å². The van der Waals surface area contributed by atoms with Crippen molar-refractivity contribution in [3.8, 4) is 0 Å². The second-order valence-corrected chi connectivity index (χ2v) is 4.59. The summed E-state index contributed by atoms with van der Waals surface area (Å²) in [6.07, 6.45) is 4.42. The first-order valence-corrected chi connectivity index (χ1v) is 6.66. The van der Waals surface area contributed by atoms with Crippen LogP contribution in [-0.4, -0.2) is 44.2 Å². The van der Waals surface area contributed by atoms with Gasteiger partial charge in [-0.05, 0) is 12.3 Å². The molecule has 3 atom stereocenters. The van der Waals surface area contributed by atoms with Crippen LogP contribution in [0.25, 0.3) is 0 Å². The lowest BCUT2D eigenvalue weighted by molar-refractivity contribution is -0.0330. The minimum absolute atomic E-state index is 0.0469. The van der Waals surface area contributed by atoms with Gasteiger partial charge in [0.25, 0.3) is 0 Å². The molecule has 0 aromatic rings. The highest BCUT2D eigenvalue weighted by Crippen LogP contribution is 2.14. The van der Waals surface area contributed by atoms with Crippen LogP contribution in [0, 0.1) is 5.92 Å². The number of hydrogen-bond acceptors (Lipinski definition) is 4. The van der Waals surface area contributed by atoms with E-state index in [2.05, 4.69) is 13.8 Å². The van der Waals surface area contributed by atoms with E-state index in [9.17, 15) is 5.11 Å². The standard InChI is InChI=1S/C13H29NO3/c1-4-6-7-11(5-2)9-17-13(8-15)12(14)10-16-3/h11-13,15H,4-10,14H2,1-3H3. The first-order chi connectivity index (χ1) is 8.19. The number of nitrogens with two attached hydrogens (primary N) is 1. The molecule has 0 amide bonds. The van der Waals surface area contributed by atoms with E-state index in [4.69, 9.17) is 15.2 Å². The molecule has 0 radical (unpaired) electrons. The Kier molecular flexibility index (Phi) is 10.9. The van der Waals surface area contributed by atoms with Crippen molar-refractivity contribution in [1.82, 2.24) is 0 Å². The summed E-state index contributed by atoms with van der Waals surface area (Å²) in [6.45, 7) is 5.41. The van der Waals surface area contributed by atoms with Gasteiger partial charge >= 0.3 is 0 Å². The van der Waals surface area contributed by atoms with E-state index in [1.165, 1.54) is 19.3 Å². The molecular weight excluding hydrogens is 218 g/mol. The topological polar surface area (TPSA) is 64.7 Å². The maximum Gasteiger partial charge on any atom is 0.0978 e. The number of unbranched alkanes of at least 4 members (excludes halogenated alkanes) is 1. The zero-order valence-electron chi connectivity index (χ0n) is 11.5. The van der Waals surface area contributed by atoms with Gasteiger partial charge in [0.1, 0.15) is 0 Å². The smallest absolute Gasteiger partial charge is 0.0978 e. The fourth-order valence-electron chi connectivity index (χ4n) is 1.77. The van der Waals surface area contributed by atoms with Crippen molar-refractivity contribution >= 4 is 0 Å². The molecule has 3 N–H and O–H groups in total. The Morgan fingerprint density at radius 1 is 1.24 bits per heavy atom. The summed E-state index contributed by atoms with van der Waals surface area (Å²) in [5, 5.41) is 9.22. The lowest BCUT2D eigenvalue weighted by Crippen LogP contribution is -2.43. The Hall–Kier alpha value is -0.160. The van der Waals surface area contributed by atoms with Crippen LogP contribution in [0.5, 0.6) is 0 Å². The number of hydrogen-bond donors (Lipinski definition) is 2. The SMILES string of the molecule is CCCCC(CC)COC(CO)C(N)COC. The first-order valence-electron chi connectivity index (χ1n) is 6.66. The zero-order chi connectivity index (χ0) is 13.1. The highest BCUT2D eigenvalue weighted by Gasteiger charge is 2.19. The number of aliphatic hydroxyl groups excluding tert-OH is 1. The molecule has 4 heteroatoms. The number of aliphatic hydroxyl groups is 1. The zero-order valence-corrected chi connectivity index (χ0v) is 11.5. The normalized spacial score (nSPS) is 16.8. The summed E-state index contributed by atoms with van der Waals surface area (Å²) >= 11 is 0. The average Bonchev–Trinajstić information content (AvgIpc) is 2.34. The van der Waals surface area contributed by atoms with Crippen molar-refractivity contribution in [2.45, 2.75) is 51.7 Å². The Balaban J connectivity index is 3.93. The fourth-order valence-corrected chi connectivity index (χ4v) is 1.77. The quantitative estimate of drug-likeness (QED) is 0.581. The van der Waals surface area contributed by atoms with Crippen LogP contribution in [-0.2, 0) is 9.47 Å². The third kappa shape index (κ3) is 7.71. The molecule has 17 heavy (non-hydrogen) atoms. The summed E-state index contributed by atoms with van der Waals surface area (Å²) in [4.78, 5) is 0. The largest absolute Gasteiger partial charge is 0.394 e. The molecule has 4 nitrogen and oxygen atoms in total. The first kappa shape index (κ1) is 16.8. The fraction of sp³-hybridized carbons (Fsp3) is 1.00. The third-order valence-corrected chi connectivity index (χ3v) is 3.11. The van der Waals surface area contributed by atoms with Crippen LogP contribution < -0.4 is 5.73 Å². The second-order valence-electron chi connectivity index (χ2n) is 4.59. The summed E-state index contributed by atoms with van der Waals surface area (Å²) in [7, 11) is 1.60. The molecule has 0 spiro atoms. The van der Waals surface area contributed by atoms with Crippen molar-refractivity contribution in [2.24, 2.45) is 11.7 Å². The minimum atomic E-state index is -0.314. The average molecular weight is 247 g/mol. The summed E-state index contributed by atoms with van der Waals surface area (Å²) in [5.41, 5.74) is 5.86. The molecular formula is C13H29NO3. The molecule has 0 saturated carbocycles. The van der Waals surface area contributed by atoms with Gasteiger partial charge in [0.15, 0.2) is 0 Å². The van der Waals surface area contributed by atoms with Gasteiger partial charge in [0.05, 0.1) is 25.4 Å². The van der Waals surface area contributed by atoms with E-state index in [0.717, 1.165) is 6.42 Å². The number of methoxy groups -OCH3 is 1. The van der Waals surface area contributed by atoms with Crippen LogP contribution in [0.1, 0.15) is 39.5 Å². The lowest BCUT2D eigenvalue weighted by atomic mass is 10.0. The molecule has 3 unspecified atom stereocenters. The number of rotatable bonds is 11. The molecule has 0 fully saturated rings. The Bertz CT molecular complexity index is 167. The maximum atomic E-state index is 9.22. The van der Waals surface area contributed by atoms with Crippen molar-refractivity contribution in [3.05, 3.63) is 0 Å². The van der Waals surface area contributed by atoms with Gasteiger partial charge in [-0.1, -0.05) is 33.1 Å². The van der Waals surface area contributed by atoms with Crippen molar-refractivity contribution < 1.29 is 14.6 Å². The Morgan fingerprint density at radius 3 is 2.41 bits per heavy atom. The number of ether oxygens (including phenoxy) is 2. The van der Waals surface area contributed by atoms with E-state index in [-0.39, 0.29) is 18.8 Å². The van der Waals surface area contributed by atoms with Gasteiger partial charge in [-0.25, -0.2) is 0 Å². The summed E-state index contributed by atoms with van der Waals surface area (Å²) in [5.74, 6) is 0.568. The summed E-state index contributed by atoms with van der Waals surface area (Å²) < 4.78 is 10.7. The lowest BCUT2D eigenvalue weighted by Gasteiger charge is -2.24. The molecule has 104 valence electrons. The highest BCUT2D eigenvalue weighted by molar-refractivity contribution is 4.72. The molecule has 0 heterocycles. The Morgan fingerprint density at radius 2 is 1.94 bits per heavy atom. The molecule has 0 saturated heterocycles. The molecule has 0 aromatic carbocycles. The van der Waals surface area contributed by atoms with Crippen LogP contribution in [0.15, 0.2) is 0 Å². The van der Waals surface area contributed by atoms with Crippen molar-refractivity contribution in [3.63, 3.8) is 0 Å². The molecule has 0 bridgehead atoms. The van der Waals surface area contributed by atoms with E-state index in [1.807, 2.05) is 0 Å². The Labute approximate surface area is 105 Å². The van der Waals surface area contributed by atoms with Gasteiger partial charge in [-0.2, -0.15) is 0 Å². The van der Waals surface area contributed by atoms with Crippen molar-refractivity contribution in [2.75, 3.05) is 26.9 Å². The van der Waals surface area contributed by atoms with E-state index in [0.29, 0.717) is 19.1 Å². The molecule has 0 rings (SSSR count). The molecule has 0 aromatic heterocycles. The van der Waals surface area contributed by atoms with E-state index in [1.54, 1.807) is 7.11 Å². The monoisotopic (exact) mass is 247 g/mol. The highest BCUT2D eigenvalue weighted by atomic mass is 16.5. The van der Waals surface area contributed by atoms with Gasteiger partial charge in [0.2, 0.25) is 0 Å². The summed E-state index contributed by atoms with van der Waals surface area (Å²) in [6, 6.07) is -0.256. The van der Waals surface area contributed by atoms with E-state index < -0.39 is 0 Å². The van der Waals surface area contributed by atoms with Gasteiger partial charge in [-0.15, -0.1) is 0 Å². The predicted octanol–water partition coefficient (Wildman–Crippen LogP) is 1.55. The second kappa shape index (κ2) is 11.0. The van der Waals surface area contributed by atoms with Gasteiger partial charge < -0.3 is 20.3 Å². The maximum absolute atomic E-state index is 9.22. The van der Waals surface area contributed by atoms with Gasteiger partial charge in [0, 0.05) is 13.7 Å². The predicted molar refractivity (Wildman–Crippen MR) is 70.0 cm³/mol. The van der Waals surface area contributed by atoms with Crippen LogP contribution in [0.2, 0.25) is 0 Å². The molecule has 0 aliphatic rings. The van der Waals surface area contributed by atoms with E-state index >= 15 is 0 Å². The third-order valence-electron chi connectivity index (χ3n) is 3.11.